The number of hydrogen-bond donors (Lipinski definition) is 1. The van der Waals surface area contributed by atoms with Crippen LogP contribution in [0.1, 0.15) is 0 Å². The van der Waals surface area contributed by atoms with Gasteiger partial charge in [0.1, 0.15) is 5.71 Å². The van der Waals surface area contributed by atoms with Crippen molar-refractivity contribution >= 4 is 33.6 Å². The van der Waals surface area contributed by atoms with Crippen LogP contribution in [-0.4, -0.2) is 42.4 Å². The Labute approximate surface area is 126 Å². The molecule has 1 heterocycles. The monoisotopic (exact) mass is 262 g/mol. The Morgan fingerprint density at radius 1 is 1.20 bits per heavy atom. The molecule has 9 nitrogen and oxygen atoms in total. The van der Waals surface area contributed by atoms with Gasteiger partial charge in [-0.05, 0) is 0 Å². The number of carboxylic acid groups (broad SMARTS) is 2. The Balaban J connectivity index is 0. The van der Waals surface area contributed by atoms with Crippen molar-refractivity contribution in [2.75, 3.05) is 0 Å². The summed E-state index contributed by atoms with van der Waals surface area (Å²) in [6.45, 7) is 0. The van der Waals surface area contributed by atoms with Gasteiger partial charge in [-0.1, -0.05) is 0 Å². The fourth-order valence-corrected chi connectivity index (χ4v) is 1.44. The van der Waals surface area contributed by atoms with Crippen LogP contribution in [0.4, 0.5) is 0 Å². The molecule has 0 radical (unpaired) electrons. The van der Waals surface area contributed by atoms with Gasteiger partial charge in [0.05, 0.1) is 5.97 Å². The summed E-state index contributed by atoms with van der Waals surface area (Å²) in [4.78, 5) is 20.4. The first kappa shape index (κ1) is 17.2. The van der Waals surface area contributed by atoms with Crippen LogP contribution in [-0.2, 0) is 19.8 Å². The second kappa shape index (κ2) is 5.79. The van der Waals surface area contributed by atoms with Gasteiger partial charge in [-0.2, -0.15) is 8.42 Å². The molecule has 0 saturated carbocycles. The van der Waals surface area contributed by atoms with Gasteiger partial charge in [0.15, 0.2) is 5.71 Å². The van der Waals surface area contributed by atoms with Crippen LogP contribution in [0.5, 0.6) is 0 Å². The minimum absolute atomic E-state index is 0. The molecule has 0 aliphatic carbocycles. The maximum Gasteiger partial charge on any atom is 1.00 e. The minimum Gasteiger partial charge on any atom is -0.543 e. The van der Waals surface area contributed by atoms with Crippen LogP contribution >= 0.6 is 0 Å². The molecule has 0 spiro atoms. The zero-order chi connectivity index (χ0) is 10.2. The molecule has 78 valence electrons. The zero-order valence-electron chi connectivity index (χ0n) is 7.29. The van der Waals surface area contributed by atoms with Crippen LogP contribution < -0.4 is 56.5 Å². The first-order chi connectivity index (χ1) is 5.83. The quantitative estimate of drug-likeness (QED) is 0.485. The molecule has 0 unspecified atom stereocenters. The molecule has 1 aliphatic heterocycles. The molecule has 1 rings (SSSR count). The Kier molecular flexibility index (Phi) is 6.65. The van der Waals surface area contributed by atoms with E-state index < -0.39 is 33.6 Å². The number of carbonyl (C=O) groups excluding carboxylic acids is 1. The molecule has 1 aliphatic rings. The number of hydrogen-bond acceptors (Lipinski definition) is 5. The molecule has 0 aromatic rings. The van der Waals surface area contributed by atoms with E-state index in [0.29, 0.717) is 0 Å². The molecule has 0 atom stereocenters. The van der Waals surface area contributed by atoms with Crippen molar-refractivity contribution in [3.8, 4) is 0 Å². The summed E-state index contributed by atoms with van der Waals surface area (Å²) >= 11 is 0. The molecule has 0 aromatic heterocycles. The summed E-state index contributed by atoms with van der Waals surface area (Å²) < 4.78 is 26.2. The first-order valence-electron chi connectivity index (χ1n) is 2.73. The third-order valence-corrected chi connectivity index (χ3v) is 1.86. The second-order valence-electron chi connectivity index (χ2n) is 1.92. The third kappa shape index (κ3) is 4.06. The van der Waals surface area contributed by atoms with Crippen molar-refractivity contribution in [3.63, 3.8) is 0 Å². The summed E-state index contributed by atoms with van der Waals surface area (Å²) in [5.41, 5.74) is -2.33. The van der Waals surface area contributed by atoms with Gasteiger partial charge in [0.25, 0.3) is 0 Å². The van der Waals surface area contributed by atoms with Crippen LogP contribution in [0, 0.1) is 0 Å². The molecule has 0 amide bonds. The predicted octanol–water partition coefficient (Wildman–Crippen LogP) is -6.86. The minimum atomic E-state index is -4.36. The molecule has 15 heavy (non-hydrogen) atoms. The maximum absolute atomic E-state index is 10.5. The van der Waals surface area contributed by atoms with E-state index >= 15 is 0 Å². The van der Waals surface area contributed by atoms with Crippen LogP contribution in [0.25, 0.3) is 0 Å². The van der Waals surface area contributed by atoms with Crippen molar-refractivity contribution in [2.45, 2.75) is 0 Å². The van der Waals surface area contributed by atoms with Crippen molar-refractivity contribution in [2.24, 2.45) is 8.80 Å². The summed E-state index contributed by atoms with van der Waals surface area (Å²) in [5, 5.41) is 18.5. The van der Waals surface area contributed by atoms with Gasteiger partial charge in [0.2, 0.25) is 0 Å². The Morgan fingerprint density at radius 2 is 1.60 bits per heavy atom. The van der Waals surface area contributed by atoms with Crippen molar-refractivity contribution in [1.82, 2.24) is 0 Å². The fourth-order valence-electron chi connectivity index (χ4n) is 0.612. The molecule has 0 bridgehead atoms. The summed E-state index contributed by atoms with van der Waals surface area (Å²) in [6, 6.07) is 0. The zero-order valence-corrected chi connectivity index (χ0v) is 11.2. The summed E-state index contributed by atoms with van der Waals surface area (Å²) in [7, 11) is -4.36. The molecule has 0 saturated heterocycles. The van der Waals surface area contributed by atoms with Crippen LogP contribution in [0.2, 0.25) is 0 Å². The Morgan fingerprint density at radius 3 is 1.87 bits per heavy atom. The number of carboxylic acids is 2. The summed E-state index contributed by atoms with van der Waals surface area (Å²) in [6.07, 6.45) is 0. The molecule has 3 N–H and O–H groups in total. The molecular weight excluding hydrogens is 259 g/mol. The average Bonchev–Trinajstić information content (AvgIpc) is 2.26. The van der Waals surface area contributed by atoms with Crippen LogP contribution in [0.15, 0.2) is 8.80 Å². The van der Waals surface area contributed by atoms with E-state index in [1.165, 1.54) is 0 Å². The average molecular weight is 262 g/mol. The number of aliphatic carboxylic acids is 2. The molecule has 0 fully saturated rings. The van der Waals surface area contributed by atoms with E-state index in [1.54, 1.807) is 0 Å². The largest absolute Gasteiger partial charge is 1.00 e. The molecular formula is C4H3KN2O7S. The molecule has 11 heteroatoms. The van der Waals surface area contributed by atoms with E-state index in [4.69, 9.17) is 5.11 Å². The third-order valence-electron chi connectivity index (χ3n) is 1.03. The SMILES string of the molecule is O.O=C([O-])C1=NS(=O)(=O)N=C1C(=O)O.[K+]. The van der Waals surface area contributed by atoms with Gasteiger partial charge in [-0.3, -0.25) is 0 Å². The summed E-state index contributed by atoms with van der Waals surface area (Å²) in [5.74, 6) is -3.79. The van der Waals surface area contributed by atoms with E-state index in [1.807, 2.05) is 0 Å². The Hall–Kier alpha value is -0.174. The second-order valence-corrected chi connectivity index (χ2v) is 3.18. The van der Waals surface area contributed by atoms with Gasteiger partial charge >= 0.3 is 67.6 Å². The van der Waals surface area contributed by atoms with E-state index in [9.17, 15) is 23.1 Å². The van der Waals surface area contributed by atoms with Gasteiger partial charge in [-0.25, -0.2) is 4.79 Å². The van der Waals surface area contributed by atoms with E-state index in [-0.39, 0.29) is 56.9 Å². The van der Waals surface area contributed by atoms with Crippen molar-refractivity contribution in [1.29, 1.82) is 0 Å². The van der Waals surface area contributed by atoms with Crippen molar-refractivity contribution < 1.29 is 85.1 Å². The Bertz CT molecular complexity index is 414. The molecule has 0 aromatic carbocycles. The van der Waals surface area contributed by atoms with Gasteiger partial charge < -0.3 is 20.5 Å². The normalized spacial score (nSPS) is 16.5. The van der Waals surface area contributed by atoms with Gasteiger partial charge in [0, 0.05) is 0 Å². The van der Waals surface area contributed by atoms with E-state index in [0.717, 1.165) is 0 Å². The van der Waals surface area contributed by atoms with Crippen molar-refractivity contribution in [3.05, 3.63) is 0 Å². The topological polar surface area (TPSA) is 168 Å². The number of nitrogens with zero attached hydrogens (tertiary/aromatic N) is 2. The number of rotatable bonds is 2. The fraction of sp³-hybridized carbons (Fsp3) is 0. The number of carbonyl (C=O) groups is 2. The standard InChI is InChI=1S/C4H2N2O6S.K.H2O/c7-3(8)1-2(4(9)10)6-13(11,12)5-1;;/h(H,7,8)(H,9,10);;1H2/q;+1;/p-1. The maximum atomic E-state index is 10.5. The predicted molar refractivity (Wildman–Crippen MR) is 40.0 cm³/mol. The smallest absolute Gasteiger partial charge is 0.543 e. The first-order valence-corrected chi connectivity index (χ1v) is 4.13. The van der Waals surface area contributed by atoms with E-state index in [2.05, 4.69) is 8.80 Å². The van der Waals surface area contributed by atoms with Gasteiger partial charge in [-0.15, -0.1) is 8.80 Å². The van der Waals surface area contributed by atoms with Crippen LogP contribution in [0.3, 0.4) is 0 Å².